The van der Waals surface area contributed by atoms with Crippen molar-refractivity contribution in [3.63, 3.8) is 0 Å². The van der Waals surface area contributed by atoms with Gasteiger partial charge in [0.2, 0.25) is 5.91 Å². The van der Waals surface area contributed by atoms with E-state index in [1.165, 1.54) is 36.3 Å². The molecular weight excluding hydrogens is 314 g/mol. The quantitative estimate of drug-likeness (QED) is 0.896. The van der Waals surface area contributed by atoms with Gasteiger partial charge in [0.15, 0.2) is 5.13 Å². The highest BCUT2D eigenvalue weighted by molar-refractivity contribution is 7.15. The number of aromatic nitrogens is 1. The molecule has 0 atom stereocenters. The molecule has 2 heterocycles. The fourth-order valence-electron chi connectivity index (χ4n) is 3.00. The van der Waals surface area contributed by atoms with Crippen molar-refractivity contribution in [1.82, 2.24) is 9.88 Å². The SMILES string of the molecule is O=C(CCCN1CCOC1=O)Nc1nc2c(s1)CCCCCC2. The Kier molecular flexibility index (Phi) is 5.48. The maximum absolute atomic E-state index is 12.0. The van der Waals surface area contributed by atoms with Gasteiger partial charge in [0.05, 0.1) is 12.2 Å². The number of carbonyl (C=O) groups excluding carboxylic acids is 2. The summed E-state index contributed by atoms with van der Waals surface area (Å²) >= 11 is 1.62. The topological polar surface area (TPSA) is 71.5 Å². The largest absolute Gasteiger partial charge is 0.448 e. The summed E-state index contributed by atoms with van der Waals surface area (Å²) in [5.41, 5.74) is 1.17. The number of anilines is 1. The number of hydrogen-bond acceptors (Lipinski definition) is 5. The molecule has 1 N–H and O–H groups in total. The summed E-state index contributed by atoms with van der Waals surface area (Å²) in [4.78, 5) is 30.9. The van der Waals surface area contributed by atoms with Crippen LogP contribution in [0, 0.1) is 0 Å². The fourth-order valence-corrected chi connectivity index (χ4v) is 4.07. The molecule has 0 unspecified atom stereocenters. The molecule has 126 valence electrons. The van der Waals surface area contributed by atoms with E-state index in [1.807, 2.05) is 0 Å². The van der Waals surface area contributed by atoms with Crippen molar-refractivity contribution in [2.24, 2.45) is 0 Å². The molecule has 23 heavy (non-hydrogen) atoms. The minimum Gasteiger partial charge on any atom is -0.448 e. The maximum Gasteiger partial charge on any atom is 0.409 e. The predicted molar refractivity (Wildman–Crippen MR) is 88.8 cm³/mol. The summed E-state index contributed by atoms with van der Waals surface area (Å²) in [7, 11) is 0. The molecule has 1 aromatic rings. The highest BCUT2D eigenvalue weighted by Gasteiger charge is 2.21. The first-order chi connectivity index (χ1) is 11.2. The van der Waals surface area contributed by atoms with Crippen LogP contribution in [0.1, 0.15) is 49.1 Å². The molecule has 7 heteroatoms. The average Bonchev–Trinajstić information content (AvgIpc) is 3.06. The van der Waals surface area contributed by atoms with Crippen LogP contribution in [0.3, 0.4) is 0 Å². The Bertz CT molecular complexity index is 547. The van der Waals surface area contributed by atoms with Gasteiger partial charge < -0.3 is 15.0 Å². The van der Waals surface area contributed by atoms with Gasteiger partial charge in [-0.15, -0.1) is 11.3 Å². The Morgan fingerprint density at radius 2 is 2.09 bits per heavy atom. The van der Waals surface area contributed by atoms with E-state index >= 15 is 0 Å². The smallest absolute Gasteiger partial charge is 0.409 e. The van der Waals surface area contributed by atoms with Crippen molar-refractivity contribution >= 4 is 28.5 Å². The number of nitrogens with zero attached hydrogens (tertiary/aromatic N) is 2. The molecule has 1 aromatic heterocycles. The molecular formula is C16H23N3O3S. The van der Waals surface area contributed by atoms with E-state index in [1.54, 1.807) is 16.2 Å². The number of rotatable bonds is 5. The standard InChI is InChI=1S/C16H23N3O3S/c20-14(8-5-9-19-10-11-22-16(19)21)18-15-17-12-6-3-1-2-4-7-13(12)23-15/h1-11H2,(H,17,18,20). The second kappa shape index (κ2) is 7.77. The van der Waals surface area contributed by atoms with Crippen LogP contribution in [0.25, 0.3) is 0 Å². The van der Waals surface area contributed by atoms with Crippen molar-refractivity contribution in [2.45, 2.75) is 51.4 Å². The van der Waals surface area contributed by atoms with Crippen molar-refractivity contribution < 1.29 is 14.3 Å². The molecule has 1 saturated heterocycles. The van der Waals surface area contributed by atoms with E-state index < -0.39 is 0 Å². The third kappa shape index (κ3) is 4.43. The van der Waals surface area contributed by atoms with E-state index in [0.717, 1.165) is 18.0 Å². The molecule has 0 radical (unpaired) electrons. The highest BCUT2D eigenvalue weighted by Crippen LogP contribution is 2.28. The Balaban J connectivity index is 1.46. The zero-order valence-electron chi connectivity index (χ0n) is 13.3. The van der Waals surface area contributed by atoms with Crippen LogP contribution in [0.2, 0.25) is 0 Å². The normalized spacial score (nSPS) is 18.1. The van der Waals surface area contributed by atoms with E-state index in [4.69, 9.17) is 4.74 Å². The Hall–Kier alpha value is -1.63. The second-order valence-corrected chi connectivity index (χ2v) is 7.14. The lowest BCUT2D eigenvalue weighted by molar-refractivity contribution is -0.116. The van der Waals surface area contributed by atoms with E-state index in [0.29, 0.717) is 32.5 Å². The number of ether oxygens (including phenoxy) is 1. The van der Waals surface area contributed by atoms with Crippen LogP contribution in [0.15, 0.2) is 0 Å². The summed E-state index contributed by atoms with van der Waals surface area (Å²) in [5, 5.41) is 3.63. The monoisotopic (exact) mass is 337 g/mol. The van der Waals surface area contributed by atoms with Gasteiger partial charge in [-0.3, -0.25) is 4.79 Å². The molecule has 0 saturated carbocycles. The van der Waals surface area contributed by atoms with Crippen LogP contribution in [-0.4, -0.2) is 41.6 Å². The summed E-state index contributed by atoms with van der Waals surface area (Å²) in [6.45, 7) is 1.65. The van der Waals surface area contributed by atoms with Crippen molar-refractivity contribution in [3.8, 4) is 0 Å². The van der Waals surface area contributed by atoms with Gasteiger partial charge in [0, 0.05) is 17.8 Å². The zero-order valence-corrected chi connectivity index (χ0v) is 14.1. The fraction of sp³-hybridized carbons (Fsp3) is 0.688. The summed E-state index contributed by atoms with van der Waals surface area (Å²) in [5.74, 6) is -0.0284. The van der Waals surface area contributed by atoms with Crippen LogP contribution in [0.5, 0.6) is 0 Å². The van der Waals surface area contributed by atoms with Gasteiger partial charge in [-0.2, -0.15) is 0 Å². The van der Waals surface area contributed by atoms with Gasteiger partial charge in [-0.05, 0) is 32.1 Å². The Labute approximate surface area is 140 Å². The number of hydrogen-bond donors (Lipinski definition) is 1. The summed E-state index contributed by atoms with van der Waals surface area (Å²) in [6.07, 6.45) is 7.85. The second-order valence-electron chi connectivity index (χ2n) is 6.06. The van der Waals surface area contributed by atoms with Crippen molar-refractivity contribution in [2.75, 3.05) is 25.0 Å². The van der Waals surface area contributed by atoms with Gasteiger partial charge in [-0.25, -0.2) is 9.78 Å². The summed E-state index contributed by atoms with van der Waals surface area (Å²) < 4.78 is 4.86. The number of nitrogens with one attached hydrogen (secondary N) is 1. The average molecular weight is 337 g/mol. The minimum absolute atomic E-state index is 0.0284. The summed E-state index contributed by atoms with van der Waals surface area (Å²) in [6, 6.07) is 0. The Morgan fingerprint density at radius 1 is 1.26 bits per heavy atom. The van der Waals surface area contributed by atoms with Crippen LogP contribution >= 0.6 is 11.3 Å². The molecule has 1 aliphatic heterocycles. The highest BCUT2D eigenvalue weighted by atomic mass is 32.1. The van der Waals surface area contributed by atoms with Gasteiger partial charge in [0.1, 0.15) is 6.61 Å². The Morgan fingerprint density at radius 3 is 2.87 bits per heavy atom. The van der Waals surface area contributed by atoms with Crippen LogP contribution < -0.4 is 5.32 Å². The van der Waals surface area contributed by atoms with Gasteiger partial charge in [-0.1, -0.05) is 12.8 Å². The molecule has 0 aromatic carbocycles. The number of thiazole rings is 1. The number of aryl methyl sites for hydroxylation is 2. The molecule has 0 spiro atoms. The lowest BCUT2D eigenvalue weighted by Gasteiger charge is -2.11. The zero-order chi connectivity index (χ0) is 16.1. The first kappa shape index (κ1) is 16.2. The molecule has 0 bridgehead atoms. The predicted octanol–water partition coefficient (Wildman–Crippen LogP) is 2.97. The van der Waals surface area contributed by atoms with Gasteiger partial charge in [0.25, 0.3) is 0 Å². The van der Waals surface area contributed by atoms with Crippen molar-refractivity contribution in [1.29, 1.82) is 0 Å². The molecule has 2 aliphatic rings. The first-order valence-electron chi connectivity index (χ1n) is 8.42. The number of amides is 2. The van der Waals surface area contributed by atoms with E-state index in [2.05, 4.69) is 10.3 Å². The lowest BCUT2D eigenvalue weighted by atomic mass is 10.0. The molecule has 2 amide bonds. The van der Waals surface area contributed by atoms with Crippen molar-refractivity contribution in [3.05, 3.63) is 10.6 Å². The molecule has 6 nitrogen and oxygen atoms in total. The van der Waals surface area contributed by atoms with Crippen LogP contribution in [0.4, 0.5) is 9.93 Å². The minimum atomic E-state index is -0.273. The maximum atomic E-state index is 12.0. The third-order valence-corrected chi connectivity index (χ3v) is 5.34. The third-order valence-electron chi connectivity index (χ3n) is 4.27. The number of cyclic esters (lactones) is 1. The lowest BCUT2D eigenvalue weighted by Crippen LogP contribution is -2.26. The molecule has 1 aliphatic carbocycles. The van der Waals surface area contributed by atoms with Crippen LogP contribution in [-0.2, 0) is 22.4 Å². The molecule has 1 fully saturated rings. The van der Waals surface area contributed by atoms with Gasteiger partial charge >= 0.3 is 6.09 Å². The van der Waals surface area contributed by atoms with E-state index in [-0.39, 0.29) is 12.0 Å². The first-order valence-corrected chi connectivity index (χ1v) is 9.24. The number of fused-ring (bicyclic) bond motifs is 1. The van der Waals surface area contributed by atoms with E-state index in [9.17, 15) is 9.59 Å². The molecule has 3 rings (SSSR count). The number of carbonyl (C=O) groups is 2.